The zero-order chi connectivity index (χ0) is 6.69. The van der Waals surface area contributed by atoms with Gasteiger partial charge in [-0.3, -0.25) is 0 Å². The zero-order valence-corrected chi connectivity index (χ0v) is 4.95. The standard InChI is InChI=1S/C5H7N3O/c1-2-5-3-4-8(6-5)7-9/h2H,1,3-4H2. The highest BCUT2D eigenvalue weighted by molar-refractivity contribution is 5.95. The molecule has 0 aromatic heterocycles. The van der Waals surface area contributed by atoms with Gasteiger partial charge in [0.15, 0.2) is 0 Å². The first-order valence-corrected chi connectivity index (χ1v) is 2.67. The first-order chi connectivity index (χ1) is 4.36. The van der Waals surface area contributed by atoms with E-state index < -0.39 is 0 Å². The Hall–Kier alpha value is -1.19. The van der Waals surface area contributed by atoms with Gasteiger partial charge in [0.1, 0.15) is 0 Å². The summed E-state index contributed by atoms with van der Waals surface area (Å²) in [4.78, 5) is 9.80. The number of hydrogen-bond acceptors (Lipinski definition) is 3. The van der Waals surface area contributed by atoms with E-state index in [2.05, 4.69) is 17.0 Å². The van der Waals surface area contributed by atoms with E-state index >= 15 is 0 Å². The van der Waals surface area contributed by atoms with E-state index in [0.29, 0.717) is 6.54 Å². The summed E-state index contributed by atoms with van der Waals surface area (Å²) in [6, 6.07) is 0. The molecule has 0 aliphatic carbocycles. The topological polar surface area (TPSA) is 45.0 Å². The van der Waals surface area contributed by atoms with Crippen LogP contribution in [0.3, 0.4) is 0 Å². The van der Waals surface area contributed by atoms with Crippen LogP contribution in [0.15, 0.2) is 23.0 Å². The Labute approximate surface area is 52.8 Å². The zero-order valence-electron chi connectivity index (χ0n) is 4.95. The lowest BCUT2D eigenvalue weighted by molar-refractivity contribution is 0.332. The van der Waals surface area contributed by atoms with Gasteiger partial charge in [0.05, 0.1) is 17.5 Å². The van der Waals surface area contributed by atoms with Gasteiger partial charge < -0.3 is 0 Å². The van der Waals surface area contributed by atoms with Crippen LogP contribution in [0.1, 0.15) is 6.42 Å². The molecule has 0 saturated heterocycles. The molecule has 0 fully saturated rings. The predicted molar refractivity (Wildman–Crippen MR) is 34.8 cm³/mol. The van der Waals surface area contributed by atoms with Crippen LogP contribution < -0.4 is 0 Å². The molecule has 0 radical (unpaired) electrons. The molecule has 1 heterocycles. The van der Waals surface area contributed by atoms with E-state index in [1.54, 1.807) is 6.08 Å². The Morgan fingerprint density at radius 3 is 3.00 bits per heavy atom. The van der Waals surface area contributed by atoms with E-state index in [-0.39, 0.29) is 0 Å². The number of rotatable bonds is 2. The summed E-state index contributed by atoms with van der Waals surface area (Å²) in [5.74, 6) is 0. The van der Waals surface area contributed by atoms with Crippen molar-refractivity contribution in [3.63, 3.8) is 0 Å². The van der Waals surface area contributed by atoms with Crippen LogP contribution in [0.2, 0.25) is 0 Å². The highest BCUT2D eigenvalue weighted by Gasteiger charge is 2.10. The van der Waals surface area contributed by atoms with Crippen molar-refractivity contribution in [1.82, 2.24) is 5.12 Å². The lowest BCUT2D eigenvalue weighted by atomic mass is 10.3. The van der Waals surface area contributed by atoms with Crippen LogP contribution >= 0.6 is 0 Å². The van der Waals surface area contributed by atoms with Gasteiger partial charge in [-0.25, -0.2) is 0 Å². The molecule has 0 saturated carbocycles. The fraction of sp³-hybridized carbons (Fsp3) is 0.400. The number of nitrogens with zero attached hydrogens (tertiary/aromatic N) is 3. The van der Waals surface area contributed by atoms with Crippen LogP contribution in [-0.2, 0) is 0 Å². The van der Waals surface area contributed by atoms with Crippen molar-refractivity contribution in [2.24, 2.45) is 10.4 Å². The summed E-state index contributed by atoms with van der Waals surface area (Å²) >= 11 is 0. The molecule has 4 heteroatoms. The average molecular weight is 125 g/mol. The van der Waals surface area contributed by atoms with Crippen molar-refractivity contribution in [1.29, 1.82) is 0 Å². The maximum atomic E-state index is 9.80. The van der Waals surface area contributed by atoms with E-state index in [4.69, 9.17) is 0 Å². The fourth-order valence-electron chi connectivity index (χ4n) is 0.665. The van der Waals surface area contributed by atoms with Gasteiger partial charge in [0, 0.05) is 6.42 Å². The van der Waals surface area contributed by atoms with Gasteiger partial charge in [-0.15, -0.1) is 10.0 Å². The Morgan fingerprint density at radius 1 is 1.89 bits per heavy atom. The second-order valence-electron chi connectivity index (χ2n) is 1.72. The second-order valence-corrected chi connectivity index (χ2v) is 1.72. The average Bonchev–Trinajstić information content (AvgIpc) is 2.34. The molecular weight excluding hydrogens is 118 g/mol. The van der Waals surface area contributed by atoms with Gasteiger partial charge in [-0.1, -0.05) is 6.58 Å². The first kappa shape index (κ1) is 5.94. The van der Waals surface area contributed by atoms with Gasteiger partial charge in [0.2, 0.25) is 0 Å². The summed E-state index contributed by atoms with van der Waals surface area (Å²) in [6.07, 6.45) is 2.40. The van der Waals surface area contributed by atoms with Crippen molar-refractivity contribution in [3.8, 4) is 0 Å². The lowest BCUT2D eigenvalue weighted by Gasteiger charge is -1.95. The fourth-order valence-corrected chi connectivity index (χ4v) is 0.665. The maximum Gasteiger partial charge on any atom is 0.0750 e. The van der Waals surface area contributed by atoms with Crippen LogP contribution in [-0.4, -0.2) is 17.4 Å². The Kier molecular flexibility index (Phi) is 1.58. The number of hydrazone groups is 1. The highest BCUT2D eigenvalue weighted by atomic mass is 16.3. The highest BCUT2D eigenvalue weighted by Crippen LogP contribution is 2.05. The molecule has 0 atom stereocenters. The monoisotopic (exact) mass is 125 g/mol. The number of hydrogen-bond donors (Lipinski definition) is 0. The molecule has 0 amide bonds. The minimum absolute atomic E-state index is 0.588. The van der Waals surface area contributed by atoms with Crippen LogP contribution in [0.25, 0.3) is 0 Å². The van der Waals surface area contributed by atoms with Gasteiger partial charge in [-0.2, -0.15) is 5.10 Å². The van der Waals surface area contributed by atoms with Crippen molar-refractivity contribution in [3.05, 3.63) is 17.6 Å². The van der Waals surface area contributed by atoms with Crippen molar-refractivity contribution in [2.45, 2.75) is 6.42 Å². The van der Waals surface area contributed by atoms with Crippen molar-refractivity contribution < 1.29 is 0 Å². The Bertz CT molecular complexity index is 164. The van der Waals surface area contributed by atoms with Crippen LogP contribution in [0.4, 0.5) is 0 Å². The van der Waals surface area contributed by atoms with E-state index in [0.717, 1.165) is 17.3 Å². The van der Waals surface area contributed by atoms with Crippen LogP contribution in [0.5, 0.6) is 0 Å². The largest absolute Gasteiger partial charge is 0.158 e. The number of nitroso groups, excluding NO2 is 1. The normalized spacial score (nSPS) is 17.3. The molecule has 1 rings (SSSR count). The molecule has 1 aliphatic heterocycles. The third-order valence-corrected chi connectivity index (χ3v) is 1.14. The summed E-state index contributed by atoms with van der Waals surface area (Å²) in [5.41, 5.74) is 0.828. The summed E-state index contributed by atoms with van der Waals surface area (Å²) in [5, 5.41) is 7.53. The molecule has 0 aromatic rings. The van der Waals surface area contributed by atoms with Crippen molar-refractivity contribution >= 4 is 5.71 Å². The minimum Gasteiger partial charge on any atom is -0.158 e. The molecule has 0 N–H and O–H groups in total. The quantitative estimate of drug-likeness (QED) is 0.515. The predicted octanol–water partition coefficient (Wildman–Crippen LogP) is 0.915. The molecule has 0 spiro atoms. The van der Waals surface area contributed by atoms with Gasteiger partial charge in [0.25, 0.3) is 0 Å². The van der Waals surface area contributed by atoms with Crippen molar-refractivity contribution in [2.75, 3.05) is 6.54 Å². The first-order valence-electron chi connectivity index (χ1n) is 2.67. The smallest absolute Gasteiger partial charge is 0.0750 e. The third-order valence-electron chi connectivity index (χ3n) is 1.14. The molecule has 1 aliphatic rings. The Morgan fingerprint density at radius 2 is 2.67 bits per heavy atom. The Balaban J connectivity index is 2.59. The molecule has 0 unspecified atom stereocenters. The molecule has 0 aromatic carbocycles. The molecule has 48 valence electrons. The second kappa shape index (κ2) is 2.39. The van der Waals surface area contributed by atoms with E-state index in [9.17, 15) is 4.91 Å². The third kappa shape index (κ3) is 1.13. The molecule has 0 bridgehead atoms. The van der Waals surface area contributed by atoms with Crippen LogP contribution in [0, 0.1) is 4.91 Å². The van der Waals surface area contributed by atoms with E-state index in [1.807, 2.05) is 0 Å². The van der Waals surface area contributed by atoms with Gasteiger partial charge >= 0.3 is 0 Å². The summed E-state index contributed by atoms with van der Waals surface area (Å²) < 4.78 is 0. The van der Waals surface area contributed by atoms with Gasteiger partial charge in [-0.05, 0) is 6.08 Å². The maximum absolute atomic E-state index is 9.80. The lowest BCUT2D eigenvalue weighted by Crippen LogP contribution is -2.02. The molecular formula is C5H7N3O. The van der Waals surface area contributed by atoms with E-state index in [1.165, 1.54) is 0 Å². The number of allylic oxidation sites excluding steroid dienone is 1. The SMILES string of the molecule is C=CC1=NN(N=O)CC1. The molecule has 9 heavy (non-hydrogen) atoms. The molecule has 4 nitrogen and oxygen atoms in total. The minimum atomic E-state index is 0.588. The summed E-state index contributed by atoms with van der Waals surface area (Å²) in [7, 11) is 0. The summed E-state index contributed by atoms with van der Waals surface area (Å²) in [6.45, 7) is 4.10.